The summed E-state index contributed by atoms with van der Waals surface area (Å²) in [4.78, 5) is 23.7. The van der Waals surface area contributed by atoms with Crippen LogP contribution < -0.4 is 10.6 Å². The van der Waals surface area contributed by atoms with E-state index in [9.17, 15) is 9.59 Å². The number of ether oxygens (including phenoxy) is 1. The highest BCUT2D eigenvalue weighted by Gasteiger charge is 2.34. The summed E-state index contributed by atoms with van der Waals surface area (Å²) in [7, 11) is 1.52. The summed E-state index contributed by atoms with van der Waals surface area (Å²) in [5, 5.41) is 5.62. The average molecular weight is 326 g/mol. The quantitative estimate of drug-likeness (QED) is 0.858. The third-order valence-electron chi connectivity index (χ3n) is 3.87. The van der Waals surface area contributed by atoms with Gasteiger partial charge in [-0.2, -0.15) is 0 Å². The largest absolute Gasteiger partial charge is 0.364 e. The Hall–Kier alpha value is -2.66. The van der Waals surface area contributed by atoms with E-state index in [0.717, 1.165) is 11.1 Å². The summed E-state index contributed by atoms with van der Waals surface area (Å²) in [6.07, 6.45) is 0. The Balaban J connectivity index is 2.08. The van der Waals surface area contributed by atoms with Crippen molar-refractivity contribution < 1.29 is 14.3 Å². The fraction of sp³-hybridized carbons (Fsp3) is 0.263. The number of benzene rings is 2. The van der Waals surface area contributed by atoms with Crippen LogP contribution in [0.3, 0.4) is 0 Å². The third kappa shape index (κ3) is 4.20. The number of nitrogens with one attached hydrogen (secondary N) is 2. The summed E-state index contributed by atoms with van der Waals surface area (Å²) >= 11 is 0. The van der Waals surface area contributed by atoms with Crippen LogP contribution in [0, 0.1) is 0 Å². The first kappa shape index (κ1) is 17.7. The maximum absolute atomic E-state index is 12.6. The lowest BCUT2D eigenvalue weighted by atomic mass is 9.94. The molecule has 0 saturated heterocycles. The molecular weight excluding hydrogens is 304 g/mol. The van der Waals surface area contributed by atoms with E-state index in [-0.39, 0.29) is 11.8 Å². The molecule has 24 heavy (non-hydrogen) atoms. The Morgan fingerprint density at radius 2 is 1.79 bits per heavy atom. The van der Waals surface area contributed by atoms with Gasteiger partial charge >= 0.3 is 0 Å². The minimum absolute atomic E-state index is 0.132. The number of methoxy groups -OCH3 is 1. The topological polar surface area (TPSA) is 67.4 Å². The highest BCUT2D eigenvalue weighted by Crippen LogP contribution is 2.24. The SMILES string of the molecule is CO[C@](C)(C(=O)NCc1cccc(NC(C)=O)c1)c1ccccc1. The fourth-order valence-electron chi connectivity index (χ4n) is 2.41. The Labute approximate surface area is 142 Å². The minimum Gasteiger partial charge on any atom is -0.364 e. The maximum atomic E-state index is 12.6. The normalized spacial score (nSPS) is 13.0. The van der Waals surface area contributed by atoms with E-state index in [0.29, 0.717) is 12.2 Å². The van der Waals surface area contributed by atoms with Gasteiger partial charge in [0.1, 0.15) is 0 Å². The van der Waals surface area contributed by atoms with Crippen LogP contribution in [-0.4, -0.2) is 18.9 Å². The van der Waals surface area contributed by atoms with E-state index < -0.39 is 5.60 Å². The van der Waals surface area contributed by atoms with Gasteiger partial charge in [-0.25, -0.2) is 0 Å². The lowest BCUT2D eigenvalue weighted by molar-refractivity contribution is -0.142. The van der Waals surface area contributed by atoms with Crippen LogP contribution in [0.15, 0.2) is 54.6 Å². The van der Waals surface area contributed by atoms with E-state index >= 15 is 0 Å². The van der Waals surface area contributed by atoms with Crippen LogP contribution >= 0.6 is 0 Å². The predicted octanol–water partition coefficient (Wildman–Crippen LogP) is 2.82. The molecule has 1 atom stereocenters. The van der Waals surface area contributed by atoms with Crippen molar-refractivity contribution in [2.45, 2.75) is 26.0 Å². The van der Waals surface area contributed by atoms with Crippen molar-refractivity contribution in [2.24, 2.45) is 0 Å². The molecular formula is C19H22N2O3. The molecule has 2 aromatic rings. The molecule has 126 valence electrons. The lowest BCUT2D eigenvalue weighted by Crippen LogP contribution is -2.43. The van der Waals surface area contributed by atoms with Crippen molar-refractivity contribution in [2.75, 3.05) is 12.4 Å². The van der Waals surface area contributed by atoms with Crippen LogP contribution in [0.5, 0.6) is 0 Å². The van der Waals surface area contributed by atoms with Gasteiger partial charge in [0, 0.05) is 26.3 Å². The Morgan fingerprint density at radius 1 is 1.08 bits per heavy atom. The molecule has 0 unspecified atom stereocenters. The molecule has 0 radical (unpaired) electrons. The number of carbonyl (C=O) groups excluding carboxylic acids is 2. The smallest absolute Gasteiger partial charge is 0.256 e. The molecule has 0 aromatic heterocycles. The zero-order valence-corrected chi connectivity index (χ0v) is 14.1. The van der Waals surface area contributed by atoms with Crippen LogP contribution in [0.25, 0.3) is 0 Å². The highest BCUT2D eigenvalue weighted by molar-refractivity contribution is 5.89. The lowest BCUT2D eigenvalue weighted by Gasteiger charge is -2.27. The maximum Gasteiger partial charge on any atom is 0.256 e. The van der Waals surface area contributed by atoms with Gasteiger partial charge in [0.15, 0.2) is 5.60 Å². The van der Waals surface area contributed by atoms with Crippen molar-refractivity contribution in [3.8, 4) is 0 Å². The molecule has 0 aliphatic carbocycles. The summed E-state index contributed by atoms with van der Waals surface area (Å²) in [5.74, 6) is -0.353. The molecule has 0 spiro atoms. The Bertz CT molecular complexity index is 716. The second-order valence-corrected chi connectivity index (χ2v) is 5.67. The van der Waals surface area contributed by atoms with Crippen molar-refractivity contribution in [1.82, 2.24) is 5.32 Å². The third-order valence-corrected chi connectivity index (χ3v) is 3.87. The van der Waals surface area contributed by atoms with Crippen LogP contribution in [0.4, 0.5) is 5.69 Å². The van der Waals surface area contributed by atoms with Gasteiger partial charge in [-0.05, 0) is 30.2 Å². The second-order valence-electron chi connectivity index (χ2n) is 5.67. The van der Waals surface area contributed by atoms with Crippen molar-refractivity contribution in [1.29, 1.82) is 0 Å². The number of carbonyl (C=O) groups is 2. The molecule has 2 rings (SSSR count). The average Bonchev–Trinajstić information content (AvgIpc) is 2.59. The van der Waals surface area contributed by atoms with E-state index in [2.05, 4.69) is 10.6 Å². The first-order valence-corrected chi connectivity index (χ1v) is 7.71. The molecule has 2 amide bonds. The van der Waals surface area contributed by atoms with Gasteiger partial charge in [0.25, 0.3) is 5.91 Å². The van der Waals surface area contributed by atoms with Gasteiger partial charge in [0.2, 0.25) is 5.91 Å². The van der Waals surface area contributed by atoms with Crippen LogP contribution in [0.2, 0.25) is 0 Å². The molecule has 2 N–H and O–H groups in total. The highest BCUT2D eigenvalue weighted by atomic mass is 16.5. The van der Waals surface area contributed by atoms with Gasteiger partial charge in [-0.1, -0.05) is 42.5 Å². The monoisotopic (exact) mass is 326 g/mol. The molecule has 0 saturated carbocycles. The Kier molecular flexibility index (Phi) is 5.71. The summed E-state index contributed by atoms with van der Waals surface area (Å²) in [5.41, 5.74) is 1.32. The first-order chi connectivity index (χ1) is 11.5. The molecule has 0 aliphatic rings. The van der Waals surface area contributed by atoms with E-state index in [1.807, 2.05) is 48.5 Å². The van der Waals surface area contributed by atoms with Crippen molar-refractivity contribution in [3.05, 3.63) is 65.7 Å². The molecule has 0 fully saturated rings. The van der Waals surface area contributed by atoms with Gasteiger partial charge in [-0.15, -0.1) is 0 Å². The zero-order valence-electron chi connectivity index (χ0n) is 14.1. The van der Waals surface area contributed by atoms with Gasteiger partial charge in [0.05, 0.1) is 0 Å². The number of hydrogen-bond acceptors (Lipinski definition) is 3. The Morgan fingerprint density at radius 3 is 2.42 bits per heavy atom. The standard InChI is InChI=1S/C19H22N2O3/c1-14(22)21-17-11-7-8-15(12-17)13-20-18(23)19(2,24-3)16-9-5-4-6-10-16/h4-12H,13H2,1-3H3,(H,20,23)(H,21,22)/t19-/m0/s1. The van der Waals surface area contributed by atoms with E-state index in [4.69, 9.17) is 4.74 Å². The van der Waals surface area contributed by atoms with E-state index in [1.54, 1.807) is 13.0 Å². The summed E-state index contributed by atoms with van der Waals surface area (Å²) in [6.45, 7) is 3.54. The van der Waals surface area contributed by atoms with Crippen molar-refractivity contribution in [3.63, 3.8) is 0 Å². The number of amides is 2. The fourth-order valence-corrected chi connectivity index (χ4v) is 2.41. The molecule has 2 aromatic carbocycles. The molecule has 0 heterocycles. The number of anilines is 1. The molecule has 5 nitrogen and oxygen atoms in total. The van der Waals surface area contributed by atoms with Crippen LogP contribution in [0.1, 0.15) is 25.0 Å². The molecule has 0 bridgehead atoms. The molecule has 0 aliphatic heterocycles. The number of rotatable bonds is 6. The minimum atomic E-state index is -1.06. The summed E-state index contributed by atoms with van der Waals surface area (Å²) in [6, 6.07) is 16.7. The number of hydrogen-bond donors (Lipinski definition) is 2. The molecule has 5 heteroatoms. The first-order valence-electron chi connectivity index (χ1n) is 7.71. The summed E-state index contributed by atoms with van der Waals surface area (Å²) < 4.78 is 5.48. The van der Waals surface area contributed by atoms with Gasteiger partial charge in [-0.3, -0.25) is 9.59 Å². The second kappa shape index (κ2) is 7.75. The van der Waals surface area contributed by atoms with E-state index in [1.165, 1.54) is 14.0 Å². The van der Waals surface area contributed by atoms with Gasteiger partial charge < -0.3 is 15.4 Å². The predicted molar refractivity (Wildman–Crippen MR) is 93.4 cm³/mol. The van der Waals surface area contributed by atoms with Crippen molar-refractivity contribution >= 4 is 17.5 Å². The van der Waals surface area contributed by atoms with Crippen LogP contribution in [-0.2, 0) is 26.5 Å². The zero-order chi connectivity index (χ0) is 17.6.